The molecule has 0 atom stereocenters. The number of carbonyl (C=O) groups excluding carboxylic acids is 1. The third kappa shape index (κ3) is 4.31. The molecule has 0 radical (unpaired) electrons. The number of aryl methyl sites for hydroxylation is 1. The molecule has 30 heavy (non-hydrogen) atoms. The fourth-order valence-corrected chi connectivity index (χ4v) is 4.13. The van der Waals surface area contributed by atoms with E-state index in [1.165, 1.54) is 11.8 Å². The molecular formula is C23H23N5OS. The van der Waals surface area contributed by atoms with Gasteiger partial charge < -0.3 is 14.5 Å². The standard InChI is InChI=1S/C23H23N5OS/c1-3-13-28-21(15-18-10-7-14-27(18)2)25-26-23(28)30-16-22(29)24-20-12-6-9-17-8-4-5-11-19(17)20/h3-12,14H,1,13,15-16H2,2H3,(H,24,29). The van der Waals surface area contributed by atoms with Crippen molar-refractivity contribution in [2.24, 2.45) is 7.05 Å². The van der Waals surface area contributed by atoms with Crippen LogP contribution < -0.4 is 5.32 Å². The molecule has 4 rings (SSSR count). The molecular weight excluding hydrogens is 394 g/mol. The minimum Gasteiger partial charge on any atom is -0.354 e. The first kappa shape index (κ1) is 20.0. The number of fused-ring (bicyclic) bond motifs is 1. The van der Waals surface area contributed by atoms with Crippen molar-refractivity contribution in [1.82, 2.24) is 19.3 Å². The second-order valence-corrected chi connectivity index (χ2v) is 7.89. The highest BCUT2D eigenvalue weighted by atomic mass is 32.2. The number of rotatable bonds is 8. The minimum absolute atomic E-state index is 0.0755. The van der Waals surface area contributed by atoms with Crippen molar-refractivity contribution >= 4 is 34.1 Å². The van der Waals surface area contributed by atoms with Crippen molar-refractivity contribution in [2.75, 3.05) is 11.1 Å². The van der Waals surface area contributed by atoms with Crippen LogP contribution in [-0.2, 0) is 24.8 Å². The molecule has 6 nitrogen and oxygen atoms in total. The molecule has 0 bridgehead atoms. The van der Waals surface area contributed by atoms with Crippen LogP contribution in [0.2, 0.25) is 0 Å². The summed E-state index contributed by atoms with van der Waals surface area (Å²) < 4.78 is 4.08. The Hall–Kier alpha value is -3.32. The van der Waals surface area contributed by atoms with Gasteiger partial charge in [0.05, 0.1) is 5.75 Å². The number of hydrogen-bond acceptors (Lipinski definition) is 4. The molecule has 7 heteroatoms. The van der Waals surface area contributed by atoms with Gasteiger partial charge in [-0.05, 0) is 23.6 Å². The van der Waals surface area contributed by atoms with E-state index >= 15 is 0 Å². The van der Waals surface area contributed by atoms with E-state index in [2.05, 4.69) is 32.7 Å². The number of anilines is 1. The normalized spacial score (nSPS) is 11.0. The zero-order chi connectivity index (χ0) is 20.9. The second kappa shape index (κ2) is 9.00. The van der Waals surface area contributed by atoms with Crippen LogP contribution in [0.15, 0.2) is 78.6 Å². The van der Waals surface area contributed by atoms with Gasteiger partial charge in [0.2, 0.25) is 5.91 Å². The van der Waals surface area contributed by atoms with E-state index in [1.54, 1.807) is 0 Å². The molecule has 0 aliphatic heterocycles. The van der Waals surface area contributed by atoms with Crippen molar-refractivity contribution in [3.63, 3.8) is 0 Å². The largest absolute Gasteiger partial charge is 0.354 e. The summed E-state index contributed by atoms with van der Waals surface area (Å²) in [5, 5.41) is 14.5. The monoisotopic (exact) mass is 417 g/mol. The summed E-state index contributed by atoms with van der Waals surface area (Å²) in [6.07, 6.45) is 4.50. The lowest BCUT2D eigenvalue weighted by atomic mass is 10.1. The van der Waals surface area contributed by atoms with E-state index in [9.17, 15) is 4.79 Å². The molecule has 4 aromatic rings. The van der Waals surface area contributed by atoms with Gasteiger partial charge in [0, 0.05) is 43.0 Å². The summed E-state index contributed by atoms with van der Waals surface area (Å²) in [5.74, 6) is 1.03. The highest BCUT2D eigenvalue weighted by molar-refractivity contribution is 7.99. The number of carbonyl (C=O) groups is 1. The maximum absolute atomic E-state index is 12.6. The number of hydrogen-bond donors (Lipinski definition) is 1. The summed E-state index contributed by atoms with van der Waals surface area (Å²) in [5.41, 5.74) is 1.97. The molecule has 152 valence electrons. The number of allylic oxidation sites excluding steroid dienone is 1. The third-order valence-electron chi connectivity index (χ3n) is 4.89. The smallest absolute Gasteiger partial charge is 0.234 e. The molecule has 0 saturated heterocycles. The lowest BCUT2D eigenvalue weighted by molar-refractivity contribution is -0.113. The van der Waals surface area contributed by atoms with E-state index in [1.807, 2.05) is 72.4 Å². The molecule has 0 spiro atoms. The number of nitrogens with one attached hydrogen (secondary N) is 1. The molecule has 2 aromatic carbocycles. The van der Waals surface area contributed by atoms with E-state index in [0.717, 1.165) is 28.0 Å². The van der Waals surface area contributed by atoms with Crippen LogP contribution in [0.25, 0.3) is 10.8 Å². The maximum Gasteiger partial charge on any atom is 0.234 e. The highest BCUT2D eigenvalue weighted by Gasteiger charge is 2.15. The Morgan fingerprint density at radius 2 is 1.97 bits per heavy atom. The maximum atomic E-state index is 12.6. The number of thioether (sulfide) groups is 1. The van der Waals surface area contributed by atoms with Gasteiger partial charge >= 0.3 is 0 Å². The molecule has 0 unspecified atom stereocenters. The fraction of sp³-hybridized carbons (Fsp3) is 0.174. The second-order valence-electron chi connectivity index (χ2n) is 6.95. The highest BCUT2D eigenvalue weighted by Crippen LogP contribution is 2.24. The van der Waals surface area contributed by atoms with Gasteiger partial charge in [0.1, 0.15) is 5.82 Å². The molecule has 2 heterocycles. The molecule has 0 aliphatic carbocycles. The van der Waals surface area contributed by atoms with Crippen molar-refractivity contribution in [3.05, 3.63) is 85.0 Å². The summed E-state index contributed by atoms with van der Waals surface area (Å²) in [6, 6.07) is 18.0. The van der Waals surface area contributed by atoms with Crippen LogP contribution >= 0.6 is 11.8 Å². The Bertz CT molecular complexity index is 1190. The van der Waals surface area contributed by atoms with Gasteiger partial charge in [-0.3, -0.25) is 4.79 Å². The Kier molecular flexibility index (Phi) is 5.99. The van der Waals surface area contributed by atoms with Crippen LogP contribution in [0.3, 0.4) is 0 Å². The summed E-state index contributed by atoms with van der Waals surface area (Å²) in [7, 11) is 2.01. The zero-order valence-electron chi connectivity index (χ0n) is 16.8. The van der Waals surface area contributed by atoms with Gasteiger partial charge in [-0.25, -0.2) is 0 Å². The molecule has 1 amide bonds. The molecule has 0 aliphatic rings. The van der Waals surface area contributed by atoms with Gasteiger partial charge in [-0.1, -0.05) is 54.2 Å². The lowest BCUT2D eigenvalue weighted by Crippen LogP contribution is -2.15. The summed E-state index contributed by atoms with van der Waals surface area (Å²) >= 11 is 1.38. The van der Waals surface area contributed by atoms with Gasteiger partial charge in [0.25, 0.3) is 0 Å². The number of amides is 1. The lowest BCUT2D eigenvalue weighted by Gasteiger charge is -2.10. The Morgan fingerprint density at radius 3 is 2.77 bits per heavy atom. The number of nitrogens with zero attached hydrogens (tertiary/aromatic N) is 4. The molecule has 0 fully saturated rings. The average molecular weight is 418 g/mol. The predicted molar refractivity (Wildman–Crippen MR) is 122 cm³/mol. The van der Waals surface area contributed by atoms with Gasteiger partial charge in [0.15, 0.2) is 5.16 Å². The first-order valence-electron chi connectivity index (χ1n) is 9.69. The fourth-order valence-electron chi connectivity index (χ4n) is 3.36. The Labute approximate surface area is 179 Å². The van der Waals surface area contributed by atoms with Gasteiger partial charge in [-0.2, -0.15) is 0 Å². The van der Waals surface area contributed by atoms with Crippen molar-refractivity contribution in [2.45, 2.75) is 18.1 Å². The quantitative estimate of drug-likeness (QED) is 0.343. The average Bonchev–Trinajstić information content (AvgIpc) is 3.33. The minimum atomic E-state index is -0.0755. The zero-order valence-corrected chi connectivity index (χ0v) is 17.6. The van der Waals surface area contributed by atoms with E-state index in [4.69, 9.17) is 0 Å². The van der Waals surface area contributed by atoms with Crippen LogP contribution in [0.1, 0.15) is 11.5 Å². The topological polar surface area (TPSA) is 64.7 Å². The third-order valence-corrected chi connectivity index (χ3v) is 5.86. The van der Waals surface area contributed by atoms with Gasteiger partial charge in [-0.15, -0.1) is 16.8 Å². The van der Waals surface area contributed by atoms with Crippen LogP contribution in [-0.4, -0.2) is 31.0 Å². The first-order chi connectivity index (χ1) is 14.7. The SMILES string of the molecule is C=CCn1c(Cc2cccn2C)nnc1SCC(=O)Nc1cccc2ccccc12. The predicted octanol–water partition coefficient (Wildman–Crippen LogP) is 4.28. The Morgan fingerprint density at radius 1 is 1.13 bits per heavy atom. The van der Waals surface area contributed by atoms with E-state index in [0.29, 0.717) is 18.1 Å². The Balaban J connectivity index is 1.45. The van der Waals surface area contributed by atoms with Crippen molar-refractivity contribution in [3.8, 4) is 0 Å². The van der Waals surface area contributed by atoms with Crippen LogP contribution in [0.5, 0.6) is 0 Å². The number of benzene rings is 2. The summed E-state index contributed by atoms with van der Waals surface area (Å²) in [6.45, 7) is 4.44. The number of aromatic nitrogens is 4. The van der Waals surface area contributed by atoms with E-state index in [-0.39, 0.29) is 11.7 Å². The van der Waals surface area contributed by atoms with Crippen molar-refractivity contribution < 1.29 is 4.79 Å². The summed E-state index contributed by atoms with van der Waals surface area (Å²) in [4.78, 5) is 12.6. The molecule has 1 N–H and O–H groups in total. The first-order valence-corrected chi connectivity index (χ1v) is 10.7. The van der Waals surface area contributed by atoms with Crippen molar-refractivity contribution in [1.29, 1.82) is 0 Å². The molecule has 0 saturated carbocycles. The molecule has 2 aromatic heterocycles. The van der Waals surface area contributed by atoms with Crippen LogP contribution in [0.4, 0.5) is 5.69 Å². The van der Waals surface area contributed by atoms with Crippen LogP contribution in [0, 0.1) is 0 Å². The van der Waals surface area contributed by atoms with E-state index < -0.39 is 0 Å².